The molecule has 1 unspecified atom stereocenters. The maximum absolute atomic E-state index is 11.8. The summed E-state index contributed by atoms with van der Waals surface area (Å²) in [5.41, 5.74) is -0.00901. The van der Waals surface area contributed by atoms with E-state index in [0.717, 1.165) is 13.1 Å². The third-order valence-electron chi connectivity index (χ3n) is 3.74. The minimum atomic E-state index is -1.41. The number of piperazine rings is 1. The summed E-state index contributed by atoms with van der Waals surface area (Å²) >= 11 is 0. The lowest BCUT2D eigenvalue weighted by molar-refractivity contribution is -0.146. The lowest BCUT2D eigenvalue weighted by Crippen LogP contribution is -2.57. The van der Waals surface area contributed by atoms with Crippen molar-refractivity contribution in [2.75, 3.05) is 13.1 Å². The first-order valence-electron chi connectivity index (χ1n) is 8.70. The standard InChI is InChI=1S/C11H22N2O2.C8H8O3/c1-8-7-13(9(2)6-12-8)10(14)15-11(3,4)5;9-7(8(10)11)6-4-2-1-3-5-6/h8-9,12H,6-7H2,1-5H3;1-5,7,9H,(H,10,11)/t8-,9+;/m1./s1. The largest absolute Gasteiger partial charge is 0.479 e. The Kier molecular flexibility index (Phi) is 8.05. The predicted octanol–water partition coefficient (Wildman–Crippen LogP) is 2.41. The second-order valence-corrected chi connectivity index (χ2v) is 7.44. The monoisotopic (exact) mass is 366 g/mol. The average Bonchev–Trinajstić information content (AvgIpc) is 2.56. The van der Waals surface area contributed by atoms with Gasteiger partial charge in [-0.15, -0.1) is 0 Å². The highest BCUT2D eigenvalue weighted by Gasteiger charge is 2.30. The summed E-state index contributed by atoms with van der Waals surface area (Å²) in [6.07, 6.45) is -1.61. The molecule has 1 fully saturated rings. The van der Waals surface area contributed by atoms with Crippen LogP contribution >= 0.6 is 0 Å². The second kappa shape index (κ2) is 9.54. The number of carbonyl (C=O) groups is 2. The van der Waals surface area contributed by atoms with E-state index in [-0.39, 0.29) is 12.1 Å². The van der Waals surface area contributed by atoms with Gasteiger partial charge < -0.3 is 25.2 Å². The number of benzene rings is 1. The SMILES string of the molecule is C[C@@H]1CN(C(=O)OC(C)(C)C)[C@@H](C)CN1.O=C(O)C(O)c1ccccc1. The van der Waals surface area contributed by atoms with Gasteiger partial charge in [-0.2, -0.15) is 0 Å². The van der Waals surface area contributed by atoms with Crippen molar-refractivity contribution >= 4 is 12.1 Å². The topological polar surface area (TPSA) is 99.1 Å². The van der Waals surface area contributed by atoms with Gasteiger partial charge in [0.05, 0.1) is 0 Å². The normalized spacial score (nSPS) is 21.2. The Morgan fingerprint density at radius 2 is 1.81 bits per heavy atom. The Hall–Kier alpha value is -2.12. The summed E-state index contributed by atoms with van der Waals surface area (Å²) < 4.78 is 5.36. The molecular formula is C19H30N2O5. The molecule has 1 heterocycles. The number of nitrogens with one attached hydrogen (secondary N) is 1. The van der Waals surface area contributed by atoms with Gasteiger partial charge in [0.2, 0.25) is 0 Å². The van der Waals surface area contributed by atoms with Gasteiger partial charge in [0.15, 0.2) is 6.10 Å². The van der Waals surface area contributed by atoms with Crippen LogP contribution in [0, 0.1) is 0 Å². The number of carbonyl (C=O) groups excluding carboxylic acids is 1. The van der Waals surface area contributed by atoms with Crippen LogP contribution in [0.2, 0.25) is 0 Å². The number of rotatable bonds is 2. The highest BCUT2D eigenvalue weighted by Crippen LogP contribution is 2.14. The summed E-state index contributed by atoms with van der Waals surface area (Å²) in [5, 5.41) is 20.7. The number of aliphatic hydroxyl groups excluding tert-OH is 1. The van der Waals surface area contributed by atoms with Crippen LogP contribution in [-0.4, -0.2) is 57.9 Å². The zero-order valence-corrected chi connectivity index (χ0v) is 16.1. The number of hydrogen-bond donors (Lipinski definition) is 3. The Morgan fingerprint density at radius 1 is 1.23 bits per heavy atom. The number of nitrogens with zero attached hydrogens (tertiary/aromatic N) is 1. The van der Waals surface area contributed by atoms with Gasteiger partial charge in [-0.05, 0) is 40.2 Å². The number of hydrogen-bond acceptors (Lipinski definition) is 5. The maximum Gasteiger partial charge on any atom is 0.410 e. The molecule has 0 radical (unpaired) electrons. The van der Waals surface area contributed by atoms with Crippen molar-refractivity contribution in [3.8, 4) is 0 Å². The van der Waals surface area contributed by atoms with Crippen LogP contribution in [0.25, 0.3) is 0 Å². The van der Waals surface area contributed by atoms with E-state index in [1.807, 2.05) is 27.7 Å². The van der Waals surface area contributed by atoms with E-state index in [0.29, 0.717) is 11.6 Å². The van der Waals surface area contributed by atoms with Crippen LogP contribution < -0.4 is 5.32 Å². The van der Waals surface area contributed by atoms with Crippen molar-refractivity contribution in [2.45, 2.75) is 58.4 Å². The molecule has 26 heavy (non-hydrogen) atoms. The molecular weight excluding hydrogens is 336 g/mol. The van der Waals surface area contributed by atoms with E-state index in [1.165, 1.54) is 0 Å². The van der Waals surface area contributed by atoms with Crippen LogP contribution in [0.15, 0.2) is 30.3 Å². The van der Waals surface area contributed by atoms with Gasteiger partial charge in [-0.1, -0.05) is 30.3 Å². The Balaban J connectivity index is 0.000000273. The fraction of sp³-hybridized carbons (Fsp3) is 0.579. The Labute approximate surface area is 155 Å². The van der Waals surface area contributed by atoms with Crippen LogP contribution in [-0.2, 0) is 9.53 Å². The zero-order chi connectivity index (χ0) is 19.9. The number of aliphatic carboxylic acids is 1. The molecule has 1 amide bonds. The number of aliphatic hydroxyl groups is 1. The van der Waals surface area contributed by atoms with Crippen molar-refractivity contribution in [1.29, 1.82) is 0 Å². The minimum absolute atomic E-state index is 0.205. The van der Waals surface area contributed by atoms with Crippen molar-refractivity contribution in [2.24, 2.45) is 0 Å². The molecule has 0 saturated carbocycles. The molecule has 1 saturated heterocycles. The molecule has 1 aliphatic heterocycles. The minimum Gasteiger partial charge on any atom is -0.479 e. The zero-order valence-electron chi connectivity index (χ0n) is 16.1. The van der Waals surface area contributed by atoms with E-state index >= 15 is 0 Å². The summed E-state index contributed by atoms with van der Waals surface area (Å²) in [6.45, 7) is 11.3. The first kappa shape index (κ1) is 21.9. The highest BCUT2D eigenvalue weighted by molar-refractivity contribution is 5.73. The van der Waals surface area contributed by atoms with Gasteiger partial charge >= 0.3 is 12.1 Å². The summed E-state index contributed by atoms with van der Waals surface area (Å²) in [7, 11) is 0. The molecule has 1 aromatic carbocycles. The average molecular weight is 366 g/mol. The summed E-state index contributed by atoms with van der Waals surface area (Å²) in [4.78, 5) is 23.9. The van der Waals surface area contributed by atoms with Gasteiger partial charge in [-0.3, -0.25) is 0 Å². The van der Waals surface area contributed by atoms with E-state index in [1.54, 1.807) is 35.2 Å². The molecule has 7 heteroatoms. The number of carboxylic acid groups (broad SMARTS) is 1. The van der Waals surface area contributed by atoms with E-state index in [9.17, 15) is 9.59 Å². The smallest absolute Gasteiger partial charge is 0.410 e. The molecule has 2 rings (SSSR count). The molecule has 146 valence electrons. The van der Waals surface area contributed by atoms with Crippen molar-refractivity contribution in [3.05, 3.63) is 35.9 Å². The molecule has 0 aliphatic carbocycles. The van der Waals surface area contributed by atoms with Crippen LogP contribution in [0.1, 0.15) is 46.3 Å². The molecule has 0 bridgehead atoms. The Morgan fingerprint density at radius 3 is 2.31 bits per heavy atom. The third-order valence-corrected chi connectivity index (χ3v) is 3.74. The van der Waals surface area contributed by atoms with Crippen LogP contribution in [0.3, 0.4) is 0 Å². The van der Waals surface area contributed by atoms with Gasteiger partial charge in [-0.25, -0.2) is 9.59 Å². The van der Waals surface area contributed by atoms with Gasteiger partial charge in [0.25, 0.3) is 0 Å². The number of ether oxygens (including phenoxy) is 1. The van der Waals surface area contributed by atoms with Crippen molar-refractivity contribution < 1.29 is 24.5 Å². The van der Waals surface area contributed by atoms with Crippen LogP contribution in [0.4, 0.5) is 4.79 Å². The first-order valence-corrected chi connectivity index (χ1v) is 8.70. The lowest BCUT2D eigenvalue weighted by Gasteiger charge is -2.38. The van der Waals surface area contributed by atoms with E-state index in [4.69, 9.17) is 14.9 Å². The number of carboxylic acids is 1. The first-order chi connectivity index (χ1) is 12.0. The maximum atomic E-state index is 11.8. The molecule has 1 aliphatic rings. The molecule has 1 aromatic rings. The summed E-state index contributed by atoms with van der Waals surface area (Å²) in [5.74, 6) is -1.23. The lowest BCUT2D eigenvalue weighted by atomic mass is 10.1. The highest BCUT2D eigenvalue weighted by atomic mass is 16.6. The fourth-order valence-corrected chi connectivity index (χ4v) is 2.37. The fourth-order valence-electron chi connectivity index (χ4n) is 2.37. The van der Waals surface area contributed by atoms with Crippen LogP contribution in [0.5, 0.6) is 0 Å². The van der Waals surface area contributed by atoms with Gasteiger partial charge in [0, 0.05) is 25.2 Å². The third kappa shape index (κ3) is 7.41. The molecule has 7 nitrogen and oxygen atoms in total. The molecule has 3 N–H and O–H groups in total. The molecule has 0 spiro atoms. The second-order valence-electron chi connectivity index (χ2n) is 7.44. The Bertz CT molecular complexity index is 585. The van der Waals surface area contributed by atoms with Gasteiger partial charge in [0.1, 0.15) is 5.60 Å². The van der Waals surface area contributed by atoms with Crippen molar-refractivity contribution in [1.82, 2.24) is 10.2 Å². The molecule has 3 atom stereocenters. The van der Waals surface area contributed by atoms with Crippen molar-refractivity contribution in [3.63, 3.8) is 0 Å². The quantitative estimate of drug-likeness (QED) is 0.743. The summed E-state index contributed by atoms with van der Waals surface area (Å²) in [6, 6.07) is 8.81. The predicted molar refractivity (Wildman–Crippen MR) is 98.9 cm³/mol. The molecule has 0 aromatic heterocycles. The van der Waals surface area contributed by atoms with E-state index in [2.05, 4.69) is 12.2 Å². The van der Waals surface area contributed by atoms with E-state index < -0.39 is 17.7 Å². The number of amides is 1.